The average molecular weight is 267 g/mol. The highest BCUT2D eigenvalue weighted by molar-refractivity contribution is 5.77. The fraction of sp³-hybridized carbons (Fsp3) is 0.462. The maximum Gasteiger partial charge on any atom is 0.221 e. The van der Waals surface area contributed by atoms with Gasteiger partial charge in [0.05, 0.1) is 25.6 Å². The number of benzene rings is 1. The van der Waals surface area contributed by atoms with Crippen molar-refractivity contribution in [3.05, 3.63) is 12.1 Å². The molecule has 0 aliphatic carbocycles. The van der Waals surface area contributed by atoms with E-state index in [1.807, 2.05) is 11.9 Å². The summed E-state index contributed by atoms with van der Waals surface area (Å²) in [7, 11) is 6.63. The van der Waals surface area contributed by atoms with Crippen LogP contribution in [-0.4, -0.2) is 40.8 Å². The molecule has 0 aliphatic heterocycles. The number of carbonyl (C=O) groups excluding carboxylic acids is 1. The second-order valence-corrected chi connectivity index (χ2v) is 4.11. The predicted molar refractivity (Wildman–Crippen MR) is 75.9 cm³/mol. The minimum atomic E-state index is -0.00843. The number of nitrogens with zero attached hydrogens (tertiary/aromatic N) is 1. The second-order valence-electron chi connectivity index (χ2n) is 4.11. The first-order chi connectivity index (χ1) is 9.03. The molecule has 0 saturated heterocycles. The summed E-state index contributed by atoms with van der Waals surface area (Å²) in [5.74, 6) is 1.19. The van der Waals surface area contributed by atoms with Gasteiger partial charge in [-0.1, -0.05) is 0 Å². The zero-order valence-corrected chi connectivity index (χ0v) is 11.8. The molecule has 0 spiro atoms. The van der Waals surface area contributed by atoms with Gasteiger partial charge in [-0.25, -0.2) is 0 Å². The molecule has 0 radical (unpaired) electrons. The third-order valence-electron chi connectivity index (χ3n) is 2.90. The van der Waals surface area contributed by atoms with Gasteiger partial charge in [0, 0.05) is 39.2 Å². The fourth-order valence-electron chi connectivity index (χ4n) is 1.73. The van der Waals surface area contributed by atoms with Gasteiger partial charge >= 0.3 is 0 Å². The van der Waals surface area contributed by atoms with Gasteiger partial charge in [-0.3, -0.25) is 4.79 Å². The zero-order valence-electron chi connectivity index (χ0n) is 11.8. The standard InChI is InChI=1S/C13H21N3O3/c1-15-13(17)5-6-16(2)10-8-12(19-4)11(18-3)7-9(10)14/h7-8H,5-6,14H2,1-4H3,(H,15,17). The van der Waals surface area contributed by atoms with Crippen LogP contribution in [0.3, 0.4) is 0 Å². The smallest absolute Gasteiger partial charge is 0.221 e. The third kappa shape index (κ3) is 3.67. The molecule has 0 heterocycles. The van der Waals surface area contributed by atoms with Gasteiger partial charge in [0.15, 0.2) is 11.5 Å². The molecular weight excluding hydrogens is 246 g/mol. The first-order valence-electron chi connectivity index (χ1n) is 5.96. The number of nitrogens with one attached hydrogen (secondary N) is 1. The number of hydrogen-bond donors (Lipinski definition) is 2. The lowest BCUT2D eigenvalue weighted by Crippen LogP contribution is -2.26. The Kier molecular flexibility index (Phi) is 5.29. The van der Waals surface area contributed by atoms with Gasteiger partial charge in [0.25, 0.3) is 0 Å². The summed E-state index contributed by atoms with van der Waals surface area (Å²) in [6.07, 6.45) is 0.404. The minimum absolute atomic E-state index is 0.00843. The van der Waals surface area contributed by atoms with Crippen molar-refractivity contribution in [3.8, 4) is 11.5 Å². The number of nitrogens with two attached hydrogens (primary N) is 1. The highest BCUT2D eigenvalue weighted by Crippen LogP contribution is 2.36. The van der Waals surface area contributed by atoms with E-state index in [2.05, 4.69) is 5.32 Å². The van der Waals surface area contributed by atoms with Crippen LogP contribution in [0, 0.1) is 0 Å². The van der Waals surface area contributed by atoms with E-state index in [-0.39, 0.29) is 5.91 Å². The number of ether oxygens (including phenoxy) is 2. The van der Waals surface area contributed by atoms with Gasteiger partial charge in [-0.15, -0.1) is 0 Å². The predicted octanol–water partition coefficient (Wildman–Crippen LogP) is 0.858. The molecular formula is C13H21N3O3. The van der Waals surface area contributed by atoms with Crippen LogP contribution in [0.15, 0.2) is 12.1 Å². The van der Waals surface area contributed by atoms with Crippen LogP contribution in [0.2, 0.25) is 0 Å². The van der Waals surface area contributed by atoms with Crippen molar-refractivity contribution < 1.29 is 14.3 Å². The summed E-state index contributed by atoms with van der Waals surface area (Å²) < 4.78 is 10.4. The Labute approximate surface area is 113 Å². The van der Waals surface area contributed by atoms with E-state index >= 15 is 0 Å². The summed E-state index contributed by atoms with van der Waals surface area (Å²) >= 11 is 0. The highest BCUT2D eigenvalue weighted by atomic mass is 16.5. The van der Waals surface area contributed by atoms with E-state index in [9.17, 15) is 4.79 Å². The molecule has 19 heavy (non-hydrogen) atoms. The molecule has 3 N–H and O–H groups in total. The SMILES string of the molecule is CNC(=O)CCN(C)c1cc(OC)c(OC)cc1N. The van der Waals surface area contributed by atoms with Crippen LogP contribution in [0.1, 0.15) is 6.42 Å². The van der Waals surface area contributed by atoms with Crippen LogP contribution in [0.25, 0.3) is 0 Å². The molecule has 0 unspecified atom stereocenters. The molecule has 1 amide bonds. The van der Waals surface area contributed by atoms with Gasteiger partial charge in [-0.05, 0) is 0 Å². The highest BCUT2D eigenvalue weighted by Gasteiger charge is 2.13. The van der Waals surface area contributed by atoms with Gasteiger partial charge in [-0.2, -0.15) is 0 Å². The first-order valence-corrected chi connectivity index (χ1v) is 5.96. The Balaban J connectivity index is 2.90. The fourth-order valence-corrected chi connectivity index (χ4v) is 1.73. The number of hydrogen-bond acceptors (Lipinski definition) is 5. The molecule has 0 aliphatic rings. The van der Waals surface area contributed by atoms with E-state index in [0.29, 0.717) is 30.2 Å². The van der Waals surface area contributed by atoms with Crippen LogP contribution in [0.4, 0.5) is 11.4 Å². The van der Waals surface area contributed by atoms with Gasteiger partial charge in [0.2, 0.25) is 5.91 Å². The molecule has 6 heteroatoms. The van der Waals surface area contributed by atoms with Crippen molar-refractivity contribution in [2.45, 2.75) is 6.42 Å². The first kappa shape index (κ1) is 14.9. The molecule has 6 nitrogen and oxygen atoms in total. The topological polar surface area (TPSA) is 76.8 Å². The largest absolute Gasteiger partial charge is 0.493 e. The summed E-state index contributed by atoms with van der Waals surface area (Å²) in [6, 6.07) is 3.52. The Bertz CT molecular complexity index is 449. The molecule has 0 fully saturated rings. The maximum absolute atomic E-state index is 11.2. The molecule has 1 aromatic carbocycles. The lowest BCUT2D eigenvalue weighted by molar-refractivity contribution is -0.120. The lowest BCUT2D eigenvalue weighted by Gasteiger charge is -2.22. The quantitative estimate of drug-likeness (QED) is 0.748. The van der Waals surface area contributed by atoms with Crippen molar-refractivity contribution >= 4 is 17.3 Å². The van der Waals surface area contributed by atoms with Gasteiger partial charge in [0.1, 0.15) is 0 Å². The van der Waals surface area contributed by atoms with Crippen molar-refractivity contribution in [3.63, 3.8) is 0 Å². The average Bonchev–Trinajstić information content (AvgIpc) is 2.43. The Morgan fingerprint density at radius 3 is 2.42 bits per heavy atom. The van der Waals surface area contributed by atoms with Crippen LogP contribution < -0.4 is 25.4 Å². The molecule has 1 aromatic rings. The van der Waals surface area contributed by atoms with E-state index in [0.717, 1.165) is 5.69 Å². The minimum Gasteiger partial charge on any atom is -0.493 e. The van der Waals surface area contributed by atoms with Crippen LogP contribution >= 0.6 is 0 Å². The molecule has 0 saturated carbocycles. The van der Waals surface area contributed by atoms with E-state index in [1.165, 1.54) is 0 Å². The molecule has 106 valence electrons. The Hall–Kier alpha value is -2.11. The van der Waals surface area contributed by atoms with Crippen molar-refractivity contribution in [1.29, 1.82) is 0 Å². The zero-order chi connectivity index (χ0) is 14.4. The molecule has 1 rings (SSSR count). The van der Waals surface area contributed by atoms with Crippen molar-refractivity contribution in [1.82, 2.24) is 5.32 Å². The summed E-state index contributed by atoms with van der Waals surface area (Å²) in [6.45, 7) is 0.569. The number of anilines is 2. The van der Waals surface area contributed by atoms with E-state index in [1.54, 1.807) is 33.4 Å². The monoisotopic (exact) mass is 267 g/mol. The van der Waals surface area contributed by atoms with E-state index < -0.39 is 0 Å². The summed E-state index contributed by atoms with van der Waals surface area (Å²) in [4.78, 5) is 13.2. The van der Waals surface area contributed by atoms with Crippen LogP contribution in [-0.2, 0) is 4.79 Å². The molecule has 0 atom stereocenters. The number of methoxy groups -OCH3 is 2. The van der Waals surface area contributed by atoms with Gasteiger partial charge < -0.3 is 25.4 Å². The number of carbonyl (C=O) groups is 1. The summed E-state index contributed by atoms with van der Waals surface area (Å²) in [5, 5.41) is 2.59. The van der Waals surface area contributed by atoms with Crippen molar-refractivity contribution in [2.24, 2.45) is 0 Å². The van der Waals surface area contributed by atoms with E-state index in [4.69, 9.17) is 15.2 Å². The second kappa shape index (κ2) is 6.72. The molecule has 0 aromatic heterocycles. The Morgan fingerprint density at radius 1 is 1.32 bits per heavy atom. The van der Waals surface area contributed by atoms with Crippen LogP contribution in [0.5, 0.6) is 11.5 Å². The lowest BCUT2D eigenvalue weighted by atomic mass is 10.2. The summed E-state index contributed by atoms with van der Waals surface area (Å²) in [5.41, 5.74) is 7.37. The normalized spacial score (nSPS) is 9.89. The maximum atomic E-state index is 11.2. The molecule has 0 bridgehead atoms. The number of rotatable bonds is 6. The third-order valence-corrected chi connectivity index (χ3v) is 2.90. The number of amides is 1. The number of nitrogen functional groups attached to an aromatic ring is 1. The Morgan fingerprint density at radius 2 is 1.89 bits per heavy atom. The van der Waals surface area contributed by atoms with Crippen molar-refractivity contribution in [2.75, 3.05) is 45.5 Å².